The highest BCUT2D eigenvalue weighted by Crippen LogP contribution is 2.41. The summed E-state index contributed by atoms with van der Waals surface area (Å²) in [4.78, 5) is 0. The van der Waals surface area contributed by atoms with Crippen molar-refractivity contribution in [2.24, 2.45) is 10.8 Å². The van der Waals surface area contributed by atoms with Crippen LogP contribution in [-0.4, -0.2) is 29.8 Å². The van der Waals surface area contributed by atoms with Gasteiger partial charge in [0.05, 0.1) is 0 Å². The average molecular weight is 608 g/mol. The molecule has 4 bridgehead atoms. The number of benzene rings is 2. The van der Waals surface area contributed by atoms with Gasteiger partial charge in [0.2, 0.25) is 0 Å². The van der Waals surface area contributed by atoms with Crippen LogP contribution in [0.15, 0.2) is 24.3 Å². The first-order valence-corrected chi connectivity index (χ1v) is 17.0. The first-order chi connectivity index (χ1) is 20.0. The molecule has 248 valence electrons. The molecular weight excluding hydrogens is 542 g/mol. The third kappa shape index (κ3) is 9.01. The van der Waals surface area contributed by atoms with Crippen LogP contribution in [0, 0.1) is 10.8 Å². The van der Waals surface area contributed by atoms with Crippen LogP contribution in [0.25, 0.3) is 0 Å². The minimum atomic E-state index is -0.0583. The Labute approximate surface area is 270 Å². The number of phenols is 2. The molecule has 44 heavy (non-hydrogen) atoms. The van der Waals surface area contributed by atoms with Crippen molar-refractivity contribution >= 4 is 0 Å². The fraction of sp³-hybridized carbons (Fsp3) is 0.692. The minimum Gasteiger partial charge on any atom is -0.507 e. The van der Waals surface area contributed by atoms with Crippen LogP contribution in [0.3, 0.4) is 0 Å². The zero-order valence-corrected chi connectivity index (χ0v) is 30.5. The van der Waals surface area contributed by atoms with E-state index in [4.69, 9.17) is 0 Å². The second-order valence-corrected chi connectivity index (χ2v) is 17.6. The highest BCUT2D eigenvalue weighted by Gasteiger charge is 2.29. The molecule has 1 aliphatic rings. The van der Waals surface area contributed by atoms with Gasteiger partial charge in [-0.3, -0.25) is 0 Å². The Morgan fingerprint density at radius 1 is 0.568 bits per heavy atom. The van der Waals surface area contributed by atoms with Gasteiger partial charge in [0.1, 0.15) is 11.5 Å². The van der Waals surface area contributed by atoms with Crippen LogP contribution >= 0.6 is 0 Å². The maximum atomic E-state index is 11.7. The molecule has 5 nitrogen and oxygen atoms in total. The van der Waals surface area contributed by atoms with E-state index in [-0.39, 0.29) is 45.7 Å². The van der Waals surface area contributed by atoms with Crippen LogP contribution in [-0.2, 0) is 10.8 Å². The molecule has 0 spiro atoms. The molecule has 0 fully saturated rings. The molecule has 5 N–H and O–H groups in total. The van der Waals surface area contributed by atoms with Gasteiger partial charge in [0, 0.05) is 54.5 Å². The van der Waals surface area contributed by atoms with Crippen LogP contribution < -0.4 is 16.0 Å². The summed E-state index contributed by atoms with van der Waals surface area (Å²) in [6.07, 6.45) is 2.00. The average Bonchev–Trinajstić information content (AvgIpc) is 2.90. The molecule has 5 heteroatoms. The Kier molecular flexibility index (Phi) is 11.0. The highest BCUT2D eigenvalue weighted by atomic mass is 16.3. The molecule has 2 aromatic rings. The van der Waals surface area contributed by atoms with Crippen molar-refractivity contribution in [2.45, 2.75) is 145 Å². The highest BCUT2D eigenvalue weighted by molar-refractivity contribution is 5.49. The van der Waals surface area contributed by atoms with Crippen LogP contribution in [0.2, 0.25) is 0 Å². The van der Waals surface area contributed by atoms with E-state index >= 15 is 0 Å². The molecule has 0 amide bonds. The molecule has 4 atom stereocenters. The van der Waals surface area contributed by atoms with E-state index in [1.807, 2.05) is 0 Å². The zero-order chi connectivity index (χ0) is 33.4. The van der Waals surface area contributed by atoms with Gasteiger partial charge >= 0.3 is 0 Å². The van der Waals surface area contributed by atoms with Gasteiger partial charge in [-0.15, -0.1) is 0 Å². The lowest BCUT2D eigenvalue weighted by atomic mass is 9.79. The zero-order valence-electron chi connectivity index (χ0n) is 30.5. The Bertz CT molecular complexity index is 1110. The van der Waals surface area contributed by atoms with Crippen molar-refractivity contribution in [2.75, 3.05) is 19.6 Å². The van der Waals surface area contributed by atoms with Crippen molar-refractivity contribution in [3.8, 4) is 11.5 Å². The van der Waals surface area contributed by atoms with E-state index in [1.54, 1.807) is 0 Å². The van der Waals surface area contributed by atoms with Crippen molar-refractivity contribution in [3.63, 3.8) is 0 Å². The lowest BCUT2D eigenvalue weighted by molar-refractivity contribution is 0.282. The fourth-order valence-electron chi connectivity index (χ4n) is 6.12. The van der Waals surface area contributed by atoms with Crippen molar-refractivity contribution in [1.29, 1.82) is 0 Å². The van der Waals surface area contributed by atoms with Gasteiger partial charge in [-0.25, -0.2) is 0 Å². The number of phenolic OH excluding ortho intramolecular Hbond substituents is 2. The summed E-state index contributed by atoms with van der Waals surface area (Å²) in [6, 6.07) is 8.83. The summed E-state index contributed by atoms with van der Waals surface area (Å²) < 4.78 is 0. The molecule has 1 heterocycles. The van der Waals surface area contributed by atoms with E-state index in [2.05, 4.69) is 137 Å². The summed E-state index contributed by atoms with van der Waals surface area (Å²) >= 11 is 0. The number of hydrogen-bond acceptors (Lipinski definition) is 5. The lowest BCUT2D eigenvalue weighted by Gasteiger charge is -2.33. The molecule has 0 aromatic heterocycles. The third-order valence-corrected chi connectivity index (χ3v) is 9.91. The van der Waals surface area contributed by atoms with E-state index in [0.29, 0.717) is 11.5 Å². The third-order valence-electron chi connectivity index (χ3n) is 9.91. The van der Waals surface area contributed by atoms with E-state index < -0.39 is 0 Å². The Hall–Kier alpha value is -2.08. The van der Waals surface area contributed by atoms with Gasteiger partial charge in [-0.2, -0.15) is 0 Å². The van der Waals surface area contributed by atoms with Gasteiger partial charge in [-0.1, -0.05) is 82.2 Å². The quantitative estimate of drug-likeness (QED) is 0.206. The monoisotopic (exact) mass is 608 g/mol. The summed E-state index contributed by atoms with van der Waals surface area (Å²) in [5.74, 6) is 1.06. The molecule has 4 unspecified atom stereocenters. The summed E-state index contributed by atoms with van der Waals surface area (Å²) in [7, 11) is 0. The van der Waals surface area contributed by atoms with Crippen LogP contribution in [0.4, 0.5) is 0 Å². The number of hydrogen-bond donors (Lipinski definition) is 5. The molecule has 1 aliphatic heterocycles. The largest absolute Gasteiger partial charge is 0.507 e. The number of rotatable bonds is 0. The predicted octanol–water partition coefficient (Wildman–Crippen LogP) is 9.29. The molecule has 0 saturated heterocycles. The van der Waals surface area contributed by atoms with Crippen LogP contribution in [0.1, 0.15) is 167 Å². The smallest absolute Gasteiger partial charge is 0.125 e. The molecule has 3 rings (SSSR count). The van der Waals surface area contributed by atoms with Crippen LogP contribution in [0.5, 0.6) is 11.5 Å². The topological polar surface area (TPSA) is 76.5 Å². The maximum Gasteiger partial charge on any atom is 0.125 e. The Balaban J connectivity index is 2.06. The maximum absolute atomic E-state index is 11.7. The number of fused-ring (bicyclic) bond motifs is 4. The second kappa shape index (κ2) is 13.3. The standard InChI is InChI=1S/C39H65N3O2/c1-24-15-16-38(11,12)21-40-26(3)32-19-29(37(8,9)10)20-33(35(32)44)27(4)42-23-39(13,14)22-41-25(2)31-18-28(36(5,6)7)17-30(24)34(31)43/h17-20,24-27,40-44H,15-16,21-23H2,1-14H3. The van der Waals surface area contributed by atoms with E-state index in [0.717, 1.165) is 54.7 Å². The summed E-state index contributed by atoms with van der Waals surface area (Å²) in [5, 5.41) is 34.6. The normalized spacial score (nSPS) is 25.8. The minimum absolute atomic E-state index is 0.00254. The van der Waals surface area contributed by atoms with Crippen molar-refractivity contribution in [1.82, 2.24) is 16.0 Å². The SMILES string of the molecule is CC1CCC(C)(C)CNC(C)c2cc(C(C)(C)C)cc(c2O)C(C)NCC(C)(C)CNC(C)c2cc(C(C)(C)C)cc1c2O. The Morgan fingerprint density at radius 3 is 1.25 bits per heavy atom. The van der Waals surface area contributed by atoms with Crippen molar-refractivity contribution < 1.29 is 10.2 Å². The molecular formula is C39H65N3O2. The lowest BCUT2D eigenvalue weighted by Crippen LogP contribution is -2.40. The predicted molar refractivity (Wildman–Crippen MR) is 188 cm³/mol. The number of aromatic hydroxyl groups is 2. The summed E-state index contributed by atoms with van der Waals surface area (Å²) in [6.45, 7) is 33.8. The van der Waals surface area contributed by atoms with Crippen molar-refractivity contribution in [3.05, 3.63) is 57.6 Å². The summed E-state index contributed by atoms with van der Waals surface area (Å²) in [5.41, 5.74) is 6.39. The molecule has 0 saturated carbocycles. The molecule has 2 aromatic carbocycles. The van der Waals surface area contributed by atoms with Gasteiger partial charge < -0.3 is 26.2 Å². The fourth-order valence-corrected chi connectivity index (χ4v) is 6.12. The molecule has 0 radical (unpaired) electrons. The van der Waals surface area contributed by atoms with Gasteiger partial charge in [0.25, 0.3) is 0 Å². The first-order valence-electron chi connectivity index (χ1n) is 17.0. The first kappa shape index (κ1) is 36.4. The second-order valence-electron chi connectivity index (χ2n) is 17.6. The molecule has 0 aliphatic carbocycles. The number of nitrogens with one attached hydrogen (secondary N) is 3. The van der Waals surface area contributed by atoms with E-state index in [1.165, 1.54) is 11.1 Å². The van der Waals surface area contributed by atoms with E-state index in [9.17, 15) is 10.2 Å². The Morgan fingerprint density at radius 2 is 0.886 bits per heavy atom. The van der Waals surface area contributed by atoms with Gasteiger partial charge in [0.15, 0.2) is 0 Å². The van der Waals surface area contributed by atoms with Gasteiger partial charge in [-0.05, 0) is 96.1 Å².